The first-order valence-electron chi connectivity index (χ1n) is 25.8. The van der Waals surface area contributed by atoms with Crippen LogP contribution in [-0.2, 0) is 0 Å². The van der Waals surface area contributed by atoms with Crippen molar-refractivity contribution in [2.24, 2.45) is 0 Å². The smallest absolute Gasteiger partial charge is 0.0634 e. The van der Waals surface area contributed by atoms with Crippen LogP contribution in [-0.4, -0.2) is 8.80 Å². The van der Waals surface area contributed by atoms with Crippen LogP contribution in [0.5, 0.6) is 0 Å². The molecule has 0 aliphatic heterocycles. The standard InChI is InChI=1S/C70H50N4/c1-43-21-29-49(30-22-43)71(50-31-23-44(2)24-32-50)53-37-39-55-57-17-11-19-59-65-64(48-15-9-6-10-16-48)70-66(63(47-13-7-5-8-14-47)69(65)73(67(57)59)61(55)41-53)60-20-12-18-58-56-40-38-54(42-62(56)74(70)68(58)60)72(51-33-25-45(3)26-34-51)52-35-27-46(4)28-36-52/h5-42H,1-4H3. The minimum atomic E-state index is 1.11. The molecule has 0 amide bonds. The van der Waals surface area contributed by atoms with E-state index in [1.807, 2.05) is 0 Å². The van der Waals surface area contributed by atoms with Gasteiger partial charge in [-0.3, -0.25) is 0 Å². The topological polar surface area (TPSA) is 15.3 Å². The fraction of sp³-hybridized carbons (Fsp3) is 0.0571. The summed E-state index contributed by atoms with van der Waals surface area (Å²) in [5.41, 5.74) is 23.8. The molecular formula is C70H50N4. The molecule has 0 radical (unpaired) electrons. The van der Waals surface area contributed by atoms with E-state index in [9.17, 15) is 0 Å². The molecule has 15 aromatic rings. The molecule has 0 unspecified atom stereocenters. The Morgan fingerprint density at radius 2 is 0.568 bits per heavy atom. The monoisotopic (exact) mass is 946 g/mol. The van der Waals surface area contributed by atoms with Crippen molar-refractivity contribution in [3.63, 3.8) is 0 Å². The second-order valence-electron chi connectivity index (χ2n) is 20.4. The van der Waals surface area contributed by atoms with Crippen molar-refractivity contribution in [3.05, 3.63) is 253 Å². The molecule has 0 saturated heterocycles. The normalized spacial score (nSPS) is 12.1. The molecule has 0 aliphatic rings. The number of para-hydroxylation sites is 2. The summed E-state index contributed by atoms with van der Waals surface area (Å²) in [4.78, 5) is 4.81. The molecule has 4 heteroatoms. The van der Waals surface area contributed by atoms with Gasteiger partial charge in [0.05, 0.1) is 33.1 Å². The van der Waals surface area contributed by atoms with Gasteiger partial charge in [-0.25, -0.2) is 0 Å². The first-order chi connectivity index (χ1) is 36.4. The maximum Gasteiger partial charge on any atom is 0.0634 e. The number of fused-ring (bicyclic) bond motifs is 12. The molecule has 74 heavy (non-hydrogen) atoms. The Labute approximate surface area is 429 Å². The van der Waals surface area contributed by atoms with Crippen molar-refractivity contribution in [1.29, 1.82) is 0 Å². The molecule has 4 nitrogen and oxygen atoms in total. The van der Waals surface area contributed by atoms with E-state index in [-0.39, 0.29) is 0 Å². The van der Waals surface area contributed by atoms with Crippen LogP contribution in [0.15, 0.2) is 231 Å². The van der Waals surface area contributed by atoms with Crippen molar-refractivity contribution in [2.45, 2.75) is 27.7 Å². The minimum Gasteiger partial charge on any atom is -0.310 e. The Morgan fingerprint density at radius 3 is 0.905 bits per heavy atom. The van der Waals surface area contributed by atoms with Crippen LogP contribution < -0.4 is 9.80 Å². The highest BCUT2D eigenvalue weighted by molar-refractivity contribution is 6.38. The molecule has 11 aromatic carbocycles. The zero-order chi connectivity index (χ0) is 49.3. The number of benzene rings is 11. The molecule has 4 aromatic heterocycles. The van der Waals surface area contributed by atoms with Crippen molar-refractivity contribution < 1.29 is 0 Å². The molecule has 0 bridgehead atoms. The third kappa shape index (κ3) is 6.15. The predicted molar refractivity (Wildman–Crippen MR) is 315 cm³/mol. The molecule has 0 atom stereocenters. The van der Waals surface area contributed by atoms with E-state index >= 15 is 0 Å². The van der Waals surface area contributed by atoms with Crippen LogP contribution in [0.1, 0.15) is 22.3 Å². The number of rotatable bonds is 8. The van der Waals surface area contributed by atoms with Crippen molar-refractivity contribution in [3.8, 4) is 22.3 Å². The van der Waals surface area contributed by atoms with Gasteiger partial charge in [0.1, 0.15) is 0 Å². The van der Waals surface area contributed by atoms with E-state index in [2.05, 4.69) is 277 Å². The van der Waals surface area contributed by atoms with E-state index < -0.39 is 0 Å². The molecule has 0 fully saturated rings. The Hall–Kier alpha value is -9.38. The van der Waals surface area contributed by atoms with Crippen LogP contribution >= 0.6 is 0 Å². The van der Waals surface area contributed by atoms with Gasteiger partial charge in [-0.1, -0.05) is 180 Å². The fourth-order valence-corrected chi connectivity index (χ4v) is 12.4. The van der Waals surface area contributed by atoms with Gasteiger partial charge in [-0.2, -0.15) is 0 Å². The summed E-state index contributed by atoms with van der Waals surface area (Å²) in [6, 6.07) is 86.2. The van der Waals surface area contributed by atoms with Gasteiger partial charge >= 0.3 is 0 Å². The predicted octanol–water partition coefficient (Wildman–Crippen LogP) is 19.5. The molecule has 0 aliphatic carbocycles. The largest absolute Gasteiger partial charge is 0.310 e. The van der Waals surface area contributed by atoms with E-state index in [0.29, 0.717) is 0 Å². The van der Waals surface area contributed by atoms with Crippen LogP contribution in [0.4, 0.5) is 34.1 Å². The van der Waals surface area contributed by atoms with Gasteiger partial charge in [0.15, 0.2) is 0 Å². The van der Waals surface area contributed by atoms with E-state index in [1.165, 1.54) is 121 Å². The summed E-state index contributed by atoms with van der Waals surface area (Å²) in [7, 11) is 0. The number of nitrogens with zero attached hydrogens (tertiary/aromatic N) is 4. The van der Waals surface area contributed by atoms with Gasteiger partial charge in [-0.05, 0) is 112 Å². The molecule has 0 N–H and O–H groups in total. The Balaban J connectivity index is 1.12. The molecule has 15 rings (SSSR count). The second kappa shape index (κ2) is 16.1. The van der Waals surface area contributed by atoms with Crippen LogP contribution in [0.3, 0.4) is 0 Å². The van der Waals surface area contributed by atoms with Gasteiger partial charge < -0.3 is 18.6 Å². The zero-order valence-electron chi connectivity index (χ0n) is 41.7. The highest BCUT2D eigenvalue weighted by Crippen LogP contribution is 2.55. The number of aryl methyl sites for hydroxylation is 4. The first kappa shape index (κ1) is 42.3. The molecular weight excluding hydrogens is 897 g/mol. The summed E-state index contributed by atoms with van der Waals surface area (Å²) in [5, 5.41) is 10.00. The summed E-state index contributed by atoms with van der Waals surface area (Å²) in [6.07, 6.45) is 0. The summed E-state index contributed by atoms with van der Waals surface area (Å²) in [5.74, 6) is 0. The van der Waals surface area contributed by atoms with E-state index in [0.717, 1.165) is 34.1 Å². The number of aromatic nitrogens is 2. The Bertz CT molecular complexity index is 4250. The number of anilines is 6. The maximum atomic E-state index is 2.63. The summed E-state index contributed by atoms with van der Waals surface area (Å²) < 4.78 is 5.25. The van der Waals surface area contributed by atoms with Crippen LogP contribution in [0, 0.1) is 27.7 Å². The summed E-state index contributed by atoms with van der Waals surface area (Å²) >= 11 is 0. The lowest BCUT2D eigenvalue weighted by Crippen LogP contribution is -2.10. The van der Waals surface area contributed by atoms with E-state index in [1.54, 1.807) is 0 Å². The van der Waals surface area contributed by atoms with Gasteiger partial charge in [-0.15, -0.1) is 0 Å². The van der Waals surface area contributed by atoms with Gasteiger partial charge in [0, 0.05) is 88.3 Å². The number of hydrogen-bond donors (Lipinski definition) is 0. The molecule has 350 valence electrons. The van der Waals surface area contributed by atoms with E-state index in [4.69, 9.17) is 0 Å². The lowest BCUT2D eigenvalue weighted by Gasteiger charge is -2.26. The van der Waals surface area contributed by atoms with Crippen LogP contribution in [0.2, 0.25) is 0 Å². The van der Waals surface area contributed by atoms with Crippen molar-refractivity contribution in [2.75, 3.05) is 9.80 Å². The minimum absolute atomic E-state index is 1.11. The third-order valence-electron chi connectivity index (χ3n) is 15.8. The van der Waals surface area contributed by atoms with Gasteiger partial charge in [0.25, 0.3) is 0 Å². The van der Waals surface area contributed by atoms with Crippen LogP contribution in [0.25, 0.3) is 98.4 Å². The molecule has 0 spiro atoms. The summed E-state index contributed by atoms with van der Waals surface area (Å²) in [6.45, 7) is 8.63. The lowest BCUT2D eigenvalue weighted by molar-refractivity contribution is 1.27. The quantitative estimate of drug-likeness (QED) is 0.151. The average Bonchev–Trinajstić information content (AvgIpc) is 4.18. The average molecular weight is 947 g/mol. The Morgan fingerprint density at radius 1 is 0.257 bits per heavy atom. The highest BCUT2D eigenvalue weighted by atomic mass is 15.1. The number of hydrogen-bond acceptors (Lipinski definition) is 2. The highest BCUT2D eigenvalue weighted by Gasteiger charge is 2.31. The fourth-order valence-electron chi connectivity index (χ4n) is 12.4. The molecule has 4 heterocycles. The Kier molecular flexibility index (Phi) is 9.19. The zero-order valence-corrected chi connectivity index (χ0v) is 41.7. The first-order valence-corrected chi connectivity index (χ1v) is 25.8. The lowest BCUT2D eigenvalue weighted by atomic mass is 9.89. The second-order valence-corrected chi connectivity index (χ2v) is 20.4. The maximum absolute atomic E-state index is 2.63. The SMILES string of the molecule is Cc1ccc(N(c2ccc(C)cc2)c2ccc3c4cccc5c6c(-c7ccccc7)c7c(c(-c8ccccc8)c6n(c3c2)c45)c2cccc3c4ccc(N(c5ccc(C)cc5)c5ccc(C)cc5)cc4n7c32)cc1. The molecule has 0 saturated carbocycles. The van der Waals surface area contributed by atoms with Crippen molar-refractivity contribution in [1.82, 2.24) is 8.80 Å². The van der Waals surface area contributed by atoms with Crippen molar-refractivity contribution >= 4 is 110 Å². The van der Waals surface area contributed by atoms with Gasteiger partial charge in [0.2, 0.25) is 0 Å². The third-order valence-corrected chi connectivity index (χ3v) is 15.8.